The molecule has 3 N–H and O–H groups in total. The van der Waals surface area contributed by atoms with Gasteiger partial charge in [-0.25, -0.2) is 15.0 Å². The van der Waals surface area contributed by atoms with Crippen molar-refractivity contribution in [1.82, 2.24) is 20.6 Å². The zero-order chi connectivity index (χ0) is 31.1. The van der Waals surface area contributed by atoms with Gasteiger partial charge in [-0.15, -0.1) is 0 Å². The van der Waals surface area contributed by atoms with Gasteiger partial charge in [0.1, 0.15) is 0 Å². The molecule has 11 nitrogen and oxygen atoms in total. The van der Waals surface area contributed by atoms with Crippen LogP contribution in [0.4, 0.5) is 4.79 Å². The Balaban J connectivity index is 1.24. The summed E-state index contributed by atoms with van der Waals surface area (Å²) < 4.78 is 18.5. The van der Waals surface area contributed by atoms with Crippen LogP contribution in [-0.2, 0) is 20.9 Å². The maximum atomic E-state index is 12.6. The number of nitrogens with zero attached hydrogens (tertiary/aromatic N) is 2. The summed E-state index contributed by atoms with van der Waals surface area (Å²) in [5.41, 5.74) is 6.87. The topological polar surface area (TPSA) is 132 Å². The van der Waals surface area contributed by atoms with Crippen molar-refractivity contribution in [2.75, 3.05) is 20.3 Å². The molecule has 0 radical (unpaired) electrons. The van der Waals surface area contributed by atoms with E-state index in [9.17, 15) is 14.4 Å². The second kappa shape index (κ2) is 13.6. The third-order valence-corrected chi connectivity index (χ3v) is 7.05. The number of esters is 1. The fraction of sp³-hybridized carbons (Fsp3) is 0.212. The number of allylic oxidation sites excluding steroid dienone is 1. The molecule has 3 amide bonds. The molecule has 5 rings (SSSR count). The summed E-state index contributed by atoms with van der Waals surface area (Å²) in [4.78, 5) is 37.4. The van der Waals surface area contributed by atoms with Crippen LogP contribution in [0.25, 0.3) is 10.9 Å². The van der Waals surface area contributed by atoms with E-state index in [-0.39, 0.29) is 18.8 Å². The zero-order valence-corrected chi connectivity index (χ0v) is 24.6. The highest BCUT2D eigenvalue weighted by molar-refractivity contribution is 6.00. The summed E-state index contributed by atoms with van der Waals surface area (Å²) in [6.07, 6.45) is 3.62. The van der Waals surface area contributed by atoms with Crippen LogP contribution in [0.15, 0.2) is 95.4 Å². The van der Waals surface area contributed by atoms with Crippen LogP contribution in [0.5, 0.6) is 11.5 Å². The van der Waals surface area contributed by atoms with Crippen LogP contribution in [0, 0.1) is 0 Å². The zero-order valence-electron chi connectivity index (χ0n) is 24.6. The maximum Gasteiger partial charge on any atom is 0.338 e. The summed E-state index contributed by atoms with van der Waals surface area (Å²) in [7, 11) is 1.46. The Kier molecular flexibility index (Phi) is 9.24. The molecule has 2 heterocycles. The van der Waals surface area contributed by atoms with Crippen molar-refractivity contribution in [1.29, 1.82) is 0 Å². The number of amides is 3. The summed E-state index contributed by atoms with van der Waals surface area (Å²) in [6.45, 7) is 3.92. The van der Waals surface area contributed by atoms with E-state index in [2.05, 4.69) is 43.9 Å². The molecule has 11 heteroatoms. The van der Waals surface area contributed by atoms with Gasteiger partial charge in [-0.2, -0.15) is 5.10 Å². The number of carbonyl (C=O) groups is 3. The quantitative estimate of drug-likeness (QED) is 0.134. The summed E-state index contributed by atoms with van der Waals surface area (Å²) in [6, 6.07) is 21.9. The first-order chi connectivity index (χ1) is 21.4. The van der Waals surface area contributed by atoms with Crippen LogP contribution in [0.3, 0.4) is 0 Å². The molecule has 0 aliphatic carbocycles. The number of nitrogens with one attached hydrogen (secondary N) is 3. The third kappa shape index (κ3) is 6.73. The van der Waals surface area contributed by atoms with Crippen LogP contribution in [0.1, 0.15) is 36.6 Å². The van der Waals surface area contributed by atoms with E-state index in [1.165, 1.54) is 12.7 Å². The van der Waals surface area contributed by atoms with Crippen LogP contribution in [-0.4, -0.2) is 49.0 Å². The van der Waals surface area contributed by atoms with Gasteiger partial charge in [0.25, 0.3) is 5.91 Å². The number of rotatable bonds is 11. The second-order valence-corrected chi connectivity index (χ2v) is 10.00. The standard InChI is InChI=1S/C33H33N5O6/c1-4-43-32(40)30-21(2)35-33(41)36-31(30)23-14-15-27(28(16-23)42-3)44-20-29(39)37-34-17-24-19-38(18-22-10-6-5-7-11-22)26-13-9-8-12-25(24)26/h5-17,19,31H,4,18,20H2,1-3H3,(H,37,39)(H2,35,36,41)/b34-17-/t31-/m0/s1. The van der Waals surface area contributed by atoms with Gasteiger partial charge in [0.15, 0.2) is 18.1 Å². The number of carbonyl (C=O) groups excluding carboxylic acids is 3. The third-order valence-electron chi connectivity index (χ3n) is 7.05. The minimum absolute atomic E-state index is 0.191. The minimum atomic E-state index is -0.762. The van der Waals surface area contributed by atoms with E-state index < -0.39 is 23.9 Å². The number of para-hydroxylation sites is 1. The number of benzene rings is 3. The Morgan fingerprint density at radius 2 is 1.82 bits per heavy atom. The number of hydrogen-bond acceptors (Lipinski definition) is 7. The van der Waals surface area contributed by atoms with Crippen molar-refractivity contribution in [2.24, 2.45) is 5.10 Å². The summed E-state index contributed by atoms with van der Waals surface area (Å²) in [5, 5.41) is 10.5. The number of aromatic nitrogens is 1. The molecule has 1 aromatic heterocycles. The molecule has 0 spiro atoms. The lowest BCUT2D eigenvalue weighted by molar-refractivity contribution is -0.139. The highest BCUT2D eigenvalue weighted by Gasteiger charge is 2.32. The van der Waals surface area contributed by atoms with Gasteiger partial charge in [-0.1, -0.05) is 54.6 Å². The number of methoxy groups -OCH3 is 1. The molecular weight excluding hydrogens is 562 g/mol. The molecule has 226 valence electrons. The van der Waals surface area contributed by atoms with Crippen LogP contribution < -0.4 is 25.5 Å². The summed E-state index contributed by atoms with van der Waals surface area (Å²) >= 11 is 0. The molecule has 0 saturated heterocycles. The molecule has 0 bridgehead atoms. The van der Waals surface area contributed by atoms with Gasteiger partial charge >= 0.3 is 12.0 Å². The fourth-order valence-electron chi connectivity index (χ4n) is 5.04. The van der Waals surface area contributed by atoms with Gasteiger partial charge in [0, 0.05) is 34.9 Å². The molecule has 44 heavy (non-hydrogen) atoms. The van der Waals surface area contributed by atoms with Gasteiger partial charge in [0.2, 0.25) is 0 Å². The van der Waals surface area contributed by atoms with E-state index in [4.69, 9.17) is 14.2 Å². The Labute approximate surface area is 254 Å². The van der Waals surface area contributed by atoms with Crippen molar-refractivity contribution in [3.05, 3.63) is 107 Å². The lowest BCUT2D eigenvalue weighted by atomic mass is 9.95. The minimum Gasteiger partial charge on any atom is -0.493 e. The molecule has 1 aliphatic rings. The first-order valence-electron chi connectivity index (χ1n) is 14.1. The molecule has 3 aromatic carbocycles. The molecule has 0 unspecified atom stereocenters. The Hall–Kier alpha value is -5.58. The van der Waals surface area contributed by atoms with Crippen LogP contribution in [0.2, 0.25) is 0 Å². The molecule has 0 fully saturated rings. The van der Waals surface area contributed by atoms with E-state index in [1.807, 2.05) is 42.6 Å². The van der Waals surface area contributed by atoms with Gasteiger partial charge in [-0.05, 0) is 43.2 Å². The number of ether oxygens (including phenoxy) is 3. The van der Waals surface area contributed by atoms with E-state index in [0.29, 0.717) is 29.3 Å². The lowest BCUT2D eigenvalue weighted by Gasteiger charge is -2.28. The van der Waals surface area contributed by atoms with Crippen molar-refractivity contribution in [3.8, 4) is 11.5 Å². The number of urea groups is 1. The molecule has 4 aromatic rings. The fourth-order valence-corrected chi connectivity index (χ4v) is 5.04. The second-order valence-electron chi connectivity index (χ2n) is 10.00. The first-order valence-corrected chi connectivity index (χ1v) is 14.1. The van der Waals surface area contributed by atoms with E-state index in [1.54, 1.807) is 38.3 Å². The highest BCUT2D eigenvalue weighted by atomic mass is 16.5. The largest absolute Gasteiger partial charge is 0.493 e. The average molecular weight is 596 g/mol. The molecule has 1 aliphatic heterocycles. The Bertz CT molecular complexity index is 1740. The highest BCUT2D eigenvalue weighted by Crippen LogP contribution is 2.34. The first kappa shape index (κ1) is 29.9. The average Bonchev–Trinajstić information content (AvgIpc) is 3.37. The van der Waals surface area contributed by atoms with Gasteiger partial charge < -0.3 is 29.4 Å². The van der Waals surface area contributed by atoms with Gasteiger partial charge in [0.05, 0.1) is 31.5 Å². The van der Waals surface area contributed by atoms with Crippen molar-refractivity contribution >= 4 is 35.0 Å². The predicted molar refractivity (Wildman–Crippen MR) is 165 cm³/mol. The number of hydrogen-bond donors (Lipinski definition) is 3. The molecular formula is C33H33N5O6. The summed E-state index contributed by atoms with van der Waals surface area (Å²) in [5.74, 6) is -0.384. The molecule has 0 saturated carbocycles. The lowest BCUT2D eigenvalue weighted by Crippen LogP contribution is -2.45. The maximum absolute atomic E-state index is 12.6. The normalized spacial score (nSPS) is 14.7. The van der Waals surface area contributed by atoms with Gasteiger partial charge in [-0.3, -0.25) is 4.79 Å². The number of hydrazone groups is 1. The predicted octanol–water partition coefficient (Wildman–Crippen LogP) is 4.42. The monoisotopic (exact) mass is 595 g/mol. The van der Waals surface area contributed by atoms with Crippen molar-refractivity contribution in [2.45, 2.75) is 26.4 Å². The number of fused-ring (bicyclic) bond motifs is 1. The Morgan fingerprint density at radius 3 is 2.59 bits per heavy atom. The smallest absolute Gasteiger partial charge is 0.338 e. The van der Waals surface area contributed by atoms with E-state index in [0.717, 1.165) is 16.5 Å². The van der Waals surface area contributed by atoms with Crippen LogP contribution >= 0.6 is 0 Å². The SMILES string of the molecule is CCOC(=O)C1=C(C)NC(=O)N[C@H]1c1ccc(OCC(=O)N/N=C\c2cn(Cc3ccccc3)c3ccccc23)c(OC)c1. The Morgan fingerprint density at radius 1 is 1.05 bits per heavy atom. The van der Waals surface area contributed by atoms with E-state index >= 15 is 0 Å². The molecule has 1 atom stereocenters. The van der Waals surface area contributed by atoms with Crippen molar-refractivity contribution < 1.29 is 28.6 Å². The van der Waals surface area contributed by atoms with Crippen molar-refractivity contribution in [3.63, 3.8) is 0 Å².